The SMILES string of the molecule is Clc1ccc(CNCC[C@@]2(c3ccccn3)CCOC3(CCOC3)C2)s1. The molecule has 2 aromatic heterocycles. The summed E-state index contributed by atoms with van der Waals surface area (Å²) in [5.74, 6) is 0. The predicted octanol–water partition coefficient (Wildman–Crippen LogP) is 4.18. The van der Waals surface area contributed by atoms with Gasteiger partial charge in [-0.1, -0.05) is 17.7 Å². The molecule has 2 saturated heterocycles. The molecular weight excluding hydrogens is 368 g/mol. The molecule has 0 bridgehead atoms. The van der Waals surface area contributed by atoms with Crippen molar-refractivity contribution in [3.63, 3.8) is 0 Å². The minimum absolute atomic E-state index is 0.0489. The lowest BCUT2D eigenvalue weighted by Crippen LogP contribution is -2.49. The largest absolute Gasteiger partial charge is 0.378 e. The Labute approximate surface area is 163 Å². The Bertz CT molecular complexity index is 718. The van der Waals surface area contributed by atoms with Crippen molar-refractivity contribution < 1.29 is 9.47 Å². The first-order valence-corrected chi connectivity index (χ1v) is 10.5. The summed E-state index contributed by atoms with van der Waals surface area (Å²) < 4.78 is 12.7. The van der Waals surface area contributed by atoms with Gasteiger partial charge in [-0.2, -0.15) is 0 Å². The summed E-state index contributed by atoms with van der Waals surface area (Å²) in [7, 11) is 0. The highest BCUT2D eigenvalue weighted by Gasteiger charge is 2.49. The molecular formula is C20H25ClN2O2S. The molecule has 2 atom stereocenters. The van der Waals surface area contributed by atoms with Crippen LogP contribution in [-0.2, 0) is 21.4 Å². The quantitative estimate of drug-likeness (QED) is 0.749. The first-order valence-electron chi connectivity index (χ1n) is 9.28. The lowest BCUT2D eigenvalue weighted by Gasteiger charge is -2.45. The van der Waals surface area contributed by atoms with E-state index in [1.165, 1.54) is 10.6 Å². The highest BCUT2D eigenvalue weighted by atomic mass is 35.5. The number of pyridine rings is 1. The molecule has 1 unspecified atom stereocenters. The molecule has 140 valence electrons. The Morgan fingerprint density at radius 3 is 2.88 bits per heavy atom. The number of hydrogen-bond acceptors (Lipinski definition) is 5. The van der Waals surface area contributed by atoms with Crippen LogP contribution in [0.3, 0.4) is 0 Å². The van der Waals surface area contributed by atoms with E-state index in [9.17, 15) is 0 Å². The average Bonchev–Trinajstić information content (AvgIpc) is 3.29. The van der Waals surface area contributed by atoms with E-state index in [2.05, 4.69) is 23.5 Å². The highest BCUT2D eigenvalue weighted by molar-refractivity contribution is 7.16. The van der Waals surface area contributed by atoms with Gasteiger partial charge in [-0.3, -0.25) is 4.98 Å². The molecule has 2 fully saturated rings. The Morgan fingerprint density at radius 2 is 2.15 bits per heavy atom. The van der Waals surface area contributed by atoms with Gasteiger partial charge in [0, 0.05) is 48.4 Å². The molecule has 4 heterocycles. The summed E-state index contributed by atoms with van der Waals surface area (Å²) in [6, 6.07) is 10.3. The third-order valence-electron chi connectivity index (χ3n) is 5.63. The van der Waals surface area contributed by atoms with Gasteiger partial charge in [-0.15, -0.1) is 11.3 Å². The molecule has 2 aliphatic rings. The van der Waals surface area contributed by atoms with Gasteiger partial charge >= 0.3 is 0 Å². The van der Waals surface area contributed by atoms with E-state index in [4.69, 9.17) is 26.1 Å². The first kappa shape index (κ1) is 18.4. The zero-order chi connectivity index (χ0) is 17.9. The van der Waals surface area contributed by atoms with Crippen LogP contribution in [0.1, 0.15) is 36.3 Å². The minimum Gasteiger partial charge on any atom is -0.378 e. The van der Waals surface area contributed by atoms with E-state index in [1.54, 1.807) is 11.3 Å². The molecule has 0 aliphatic carbocycles. The maximum Gasteiger partial charge on any atom is 0.0945 e. The smallest absolute Gasteiger partial charge is 0.0945 e. The molecule has 0 radical (unpaired) electrons. The second-order valence-corrected chi connectivity index (χ2v) is 9.19. The second-order valence-electron chi connectivity index (χ2n) is 7.39. The van der Waals surface area contributed by atoms with Gasteiger partial charge in [0.2, 0.25) is 0 Å². The Kier molecular flexibility index (Phi) is 5.62. The van der Waals surface area contributed by atoms with Crippen molar-refractivity contribution in [2.45, 2.75) is 43.2 Å². The third kappa shape index (κ3) is 3.97. The van der Waals surface area contributed by atoms with Crippen molar-refractivity contribution in [1.29, 1.82) is 0 Å². The van der Waals surface area contributed by atoms with Gasteiger partial charge < -0.3 is 14.8 Å². The lowest BCUT2D eigenvalue weighted by molar-refractivity contribution is -0.109. The summed E-state index contributed by atoms with van der Waals surface area (Å²) in [5, 5.41) is 3.59. The summed E-state index contributed by atoms with van der Waals surface area (Å²) in [5.41, 5.74) is 1.11. The molecule has 0 amide bonds. The van der Waals surface area contributed by atoms with Crippen LogP contribution in [0, 0.1) is 0 Å². The Balaban J connectivity index is 1.46. The van der Waals surface area contributed by atoms with Crippen molar-refractivity contribution in [2.75, 3.05) is 26.4 Å². The fourth-order valence-corrected chi connectivity index (χ4v) is 5.34. The lowest BCUT2D eigenvalue weighted by atomic mass is 9.68. The Hall–Kier alpha value is -0.980. The molecule has 1 N–H and O–H groups in total. The van der Waals surface area contributed by atoms with Crippen LogP contribution in [0.5, 0.6) is 0 Å². The van der Waals surface area contributed by atoms with Crippen LogP contribution in [0.2, 0.25) is 4.34 Å². The fourth-order valence-electron chi connectivity index (χ4n) is 4.28. The summed E-state index contributed by atoms with van der Waals surface area (Å²) in [6.45, 7) is 4.10. The van der Waals surface area contributed by atoms with E-state index in [1.807, 2.05) is 18.3 Å². The van der Waals surface area contributed by atoms with Crippen LogP contribution in [-0.4, -0.2) is 37.0 Å². The van der Waals surface area contributed by atoms with E-state index in [-0.39, 0.29) is 11.0 Å². The summed E-state index contributed by atoms with van der Waals surface area (Å²) in [4.78, 5) is 6.00. The summed E-state index contributed by atoms with van der Waals surface area (Å²) >= 11 is 7.66. The van der Waals surface area contributed by atoms with Crippen LogP contribution >= 0.6 is 22.9 Å². The molecule has 2 aliphatic heterocycles. The first-order chi connectivity index (χ1) is 12.7. The molecule has 4 nitrogen and oxygen atoms in total. The molecule has 0 aromatic carbocycles. The van der Waals surface area contributed by atoms with E-state index < -0.39 is 0 Å². The van der Waals surface area contributed by atoms with E-state index in [0.29, 0.717) is 6.61 Å². The van der Waals surface area contributed by atoms with Crippen molar-refractivity contribution in [3.05, 3.63) is 51.4 Å². The van der Waals surface area contributed by atoms with Crippen molar-refractivity contribution in [2.24, 2.45) is 0 Å². The van der Waals surface area contributed by atoms with E-state index in [0.717, 1.165) is 56.3 Å². The summed E-state index contributed by atoms with van der Waals surface area (Å²) in [6.07, 6.45) is 5.95. The maximum absolute atomic E-state index is 6.20. The van der Waals surface area contributed by atoms with Crippen molar-refractivity contribution >= 4 is 22.9 Å². The third-order valence-corrected chi connectivity index (χ3v) is 6.86. The molecule has 2 aromatic rings. The maximum atomic E-state index is 6.20. The number of ether oxygens (including phenoxy) is 2. The van der Waals surface area contributed by atoms with E-state index >= 15 is 0 Å². The van der Waals surface area contributed by atoms with Gasteiger partial charge in [0.1, 0.15) is 0 Å². The number of halogens is 1. The van der Waals surface area contributed by atoms with Crippen LogP contribution in [0.15, 0.2) is 36.5 Å². The van der Waals surface area contributed by atoms with Gasteiger partial charge in [0.25, 0.3) is 0 Å². The molecule has 6 heteroatoms. The topological polar surface area (TPSA) is 43.4 Å². The van der Waals surface area contributed by atoms with Gasteiger partial charge in [-0.05, 0) is 50.1 Å². The highest BCUT2D eigenvalue weighted by Crippen LogP contribution is 2.46. The standard InChI is InChI=1S/C20H25ClN2O2S/c21-18-5-4-16(26-18)13-22-10-6-19(17-3-1-2-9-23-17)7-12-25-20(14-19)8-11-24-15-20/h1-5,9,22H,6-8,10-15H2/t19-,20?/m1/s1. The second kappa shape index (κ2) is 7.95. The normalized spacial score (nSPS) is 28.7. The van der Waals surface area contributed by atoms with Crippen molar-refractivity contribution in [1.82, 2.24) is 10.3 Å². The molecule has 0 saturated carbocycles. The number of aromatic nitrogens is 1. The van der Waals surface area contributed by atoms with Gasteiger partial charge in [0.15, 0.2) is 0 Å². The van der Waals surface area contributed by atoms with Gasteiger partial charge in [-0.25, -0.2) is 0 Å². The van der Waals surface area contributed by atoms with Crippen molar-refractivity contribution in [3.8, 4) is 0 Å². The van der Waals surface area contributed by atoms with Crippen LogP contribution < -0.4 is 5.32 Å². The Morgan fingerprint density at radius 1 is 1.19 bits per heavy atom. The number of nitrogens with zero attached hydrogens (tertiary/aromatic N) is 1. The monoisotopic (exact) mass is 392 g/mol. The van der Waals surface area contributed by atoms with Crippen LogP contribution in [0.25, 0.3) is 0 Å². The fraction of sp³-hybridized carbons (Fsp3) is 0.550. The zero-order valence-corrected chi connectivity index (χ0v) is 16.5. The molecule has 1 spiro atoms. The predicted molar refractivity (Wildman–Crippen MR) is 105 cm³/mol. The number of thiophene rings is 1. The van der Waals surface area contributed by atoms with Gasteiger partial charge in [0.05, 0.1) is 16.5 Å². The number of nitrogens with one attached hydrogen (secondary N) is 1. The molecule has 26 heavy (non-hydrogen) atoms. The minimum atomic E-state index is -0.128. The average molecular weight is 393 g/mol. The number of hydrogen-bond donors (Lipinski definition) is 1. The van der Waals surface area contributed by atoms with Crippen LogP contribution in [0.4, 0.5) is 0 Å². The number of rotatable bonds is 6. The molecule has 4 rings (SSSR count). The zero-order valence-electron chi connectivity index (χ0n) is 14.9.